The number of hydrogen-bond acceptors (Lipinski definition) is 4. The topological polar surface area (TPSA) is 55.7 Å². The van der Waals surface area contributed by atoms with Gasteiger partial charge in [-0.15, -0.1) is 0 Å². The fourth-order valence-electron chi connectivity index (χ4n) is 3.62. The molecule has 126 valence electrons. The van der Waals surface area contributed by atoms with Crippen LogP contribution in [0.15, 0.2) is 40.5 Å². The van der Waals surface area contributed by atoms with Crippen molar-refractivity contribution in [2.24, 2.45) is 10.9 Å². The maximum absolute atomic E-state index is 13.3. The molecular weight excluding hydrogens is 309 g/mol. The molecule has 1 aromatic rings. The van der Waals surface area contributed by atoms with E-state index in [0.717, 1.165) is 24.1 Å². The molecule has 1 aliphatic heterocycles. The van der Waals surface area contributed by atoms with Crippen molar-refractivity contribution in [2.45, 2.75) is 39.0 Å². The Hall–Kier alpha value is -2.30. The van der Waals surface area contributed by atoms with E-state index in [4.69, 9.17) is 4.74 Å². The van der Waals surface area contributed by atoms with Crippen LogP contribution in [0, 0.1) is 11.7 Å². The van der Waals surface area contributed by atoms with E-state index in [9.17, 15) is 14.0 Å². The lowest BCUT2D eigenvalue weighted by Crippen LogP contribution is -2.39. The zero-order chi connectivity index (χ0) is 17.3. The molecule has 0 N–H and O–H groups in total. The summed E-state index contributed by atoms with van der Waals surface area (Å²) >= 11 is 0. The second-order valence-corrected chi connectivity index (χ2v) is 6.15. The molecular formula is C19H20FNO3. The van der Waals surface area contributed by atoms with Crippen LogP contribution in [0.5, 0.6) is 0 Å². The summed E-state index contributed by atoms with van der Waals surface area (Å²) in [5.41, 5.74) is 2.56. The van der Waals surface area contributed by atoms with Gasteiger partial charge in [-0.3, -0.25) is 9.79 Å². The summed E-state index contributed by atoms with van der Waals surface area (Å²) in [7, 11) is 0. The van der Waals surface area contributed by atoms with Gasteiger partial charge in [-0.05, 0) is 44.4 Å². The highest BCUT2D eigenvalue weighted by Gasteiger charge is 2.43. The van der Waals surface area contributed by atoms with E-state index in [-0.39, 0.29) is 18.2 Å². The first-order valence-electron chi connectivity index (χ1n) is 8.26. The molecule has 2 aliphatic rings. The lowest BCUT2D eigenvalue weighted by Gasteiger charge is -2.35. The Kier molecular flexibility index (Phi) is 4.60. The van der Waals surface area contributed by atoms with Gasteiger partial charge in [-0.25, -0.2) is 9.18 Å². The first kappa shape index (κ1) is 16.6. The summed E-state index contributed by atoms with van der Waals surface area (Å²) in [5, 5.41) is 0. The smallest absolute Gasteiger partial charge is 0.336 e. The maximum Gasteiger partial charge on any atom is 0.336 e. The average Bonchev–Trinajstić information content (AvgIpc) is 2.55. The molecule has 0 bridgehead atoms. The number of ketones is 1. The number of carbonyl (C=O) groups excluding carboxylic acids is 2. The molecule has 24 heavy (non-hydrogen) atoms. The molecule has 0 unspecified atom stereocenters. The fourth-order valence-corrected chi connectivity index (χ4v) is 3.62. The van der Waals surface area contributed by atoms with Crippen molar-refractivity contribution >= 4 is 17.5 Å². The van der Waals surface area contributed by atoms with E-state index < -0.39 is 17.8 Å². The second-order valence-electron chi connectivity index (χ2n) is 6.15. The van der Waals surface area contributed by atoms with Crippen LogP contribution >= 0.6 is 0 Å². The highest BCUT2D eigenvalue weighted by Crippen LogP contribution is 2.43. The molecule has 1 aromatic carbocycles. The Morgan fingerprint density at radius 3 is 2.62 bits per heavy atom. The number of rotatable bonds is 3. The van der Waals surface area contributed by atoms with E-state index in [0.29, 0.717) is 17.7 Å². The standard InChI is InChI=1S/C19H20FNO3/c1-3-24-19(23)16-11(2)21-14-5-4-6-15(22)18(14)17(16)12-7-9-13(20)10-8-12/h7-10,17-18H,3-6H2,1-2H3/t17-,18+/m0/s1. The van der Waals surface area contributed by atoms with Gasteiger partial charge in [0, 0.05) is 23.7 Å². The normalized spacial score (nSPS) is 23.6. The summed E-state index contributed by atoms with van der Waals surface area (Å²) in [6.45, 7) is 3.76. The van der Waals surface area contributed by atoms with Crippen LogP contribution in [0.1, 0.15) is 44.6 Å². The minimum Gasteiger partial charge on any atom is -0.463 e. The van der Waals surface area contributed by atoms with E-state index in [1.54, 1.807) is 26.0 Å². The lowest BCUT2D eigenvalue weighted by molar-refractivity contribution is -0.139. The number of Topliss-reactive ketones (excluding diaryl/α,β-unsaturated/α-hetero) is 1. The third-order valence-electron chi connectivity index (χ3n) is 4.63. The Labute approximate surface area is 140 Å². The monoisotopic (exact) mass is 329 g/mol. The summed E-state index contributed by atoms with van der Waals surface area (Å²) in [6.07, 6.45) is 2.02. The van der Waals surface area contributed by atoms with E-state index >= 15 is 0 Å². The predicted molar refractivity (Wildman–Crippen MR) is 88.3 cm³/mol. The van der Waals surface area contributed by atoms with Gasteiger partial charge in [0.05, 0.1) is 18.1 Å². The molecule has 1 heterocycles. The number of hydrogen-bond donors (Lipinski definition) is 0. The SMILES string of the molecule is CCOC(=O)C1=C(C)N=C2CCCC(=O)[C@@H]2[C@H]1c1ccc(F)cc1. The van der Waals surface area contributed by atoms with Gasteiger partial charge in [0.15, 0.2) is 0 Å². The molecule has 4 nitrogen and oxygen atoms in total. The zero-order valence-corrected chi connectivity index (χ0v) is 13.8. The molecule has 1 saturated carbocycles. The minimum absolute atomic E-state index is 0.0867. The van der Waals surface area contributed by atoms with Crippen LogP contribution in [0.2, 0.25) is 0 Å². The number of benzene rings is 1. The van der Waals surface area contributed by atoms with Crippen molar-refractivity contribution in [2.75, 3.05) is 6.61 Å². The van der Waals surface area contributed by atoms with Crippen LogP contribution in [0.4, 0.5) is 4.39 Å². The van der Waals surface area contributed by atoms with Crippen molar-refractivity contribution in [1.82, 2.24) is 0 Å². The van der Waals surface area contributed by atoms with Gasteiger partial charge in [-0.1, -0.05) is 12.1 Å². The lowest BCUT2D eigenvalue weighted by atomic mass is 9.69. The third kappa shape index (κ3) is 2.90. The summed E-state index contributed by atoms with van der Waals surface area (Å²) in [4.78, 5) is 29.6. The molecule has 1 fully saturated rings. The van der Waals surface area contributed by atoms with E-state index in [1.807, 2.05) is 0 Å². The maximum atomic E-state index is 13.3. The quantitative estimate of drug-likeness (QED) is 0.797. The van der Waals surface area contributed by atoms with Crippen molar-refractivity contribution in [3.63, 3.8) is 0 Å². The van der Waals surface area contributed by atoms with Crippen molar-refractivity contribution in [1.29, 1.82) is 0 Å². The molecule has 2 atom stereocenters. The fraction of sp³-hybridized carbons (Fsp3) is 0.421. The largest absolute Gasteiger partial charge is 0.463 e. The van der Waals surface area contributed by atoms with Crippen LogP contribution < -0.4 is 0 Å². The summed E-state index contributed by atoms with van der Waals surface area (Å²) in [6, 6.07) is 5.98. The second kappa shape index (κ2) is 6.67. The Bertz CT molecular complexity index is 733. The minimum atomic E-state index is -0.454. The van der Waals surface area contributed by atoms with Crippen LogP contribution in [-0.2, 0) is 14.3 Å². The first-order chi connectivity index (χ1) is 11.5. The van der Waals surface area contributed by atoms with Gasteiger partial charge in [0.1, 0.15) is 11.6 Å². The summed E-state index contributed by atoms with van der Waals surface area (Å²) in [5.74, 6) is -1.62. The zero-order valence-electron chi connectivity index (χ0n) is 13.8. The van der Waals surface area contributed by atoms with Gasteiger partial charge >= 0.3 is 5.97 Å². The van der Waals surface area contributed by atoms with Crippen LogP contribution in [0.3, 0.4) is 0 Å². The number of fused-ring (bicyclic) bond motifs is 1. The number of nitrogens with zero attached hydrogens (tertiary/aromatic N) is 1. The average molecular weight is 329 g/mol. The number of aliphatic imine (C=N–C) groups is 1. The van der Waals surface area contributed by atoms with Gasteiger partial charge in [-0.2, -0.15) is 0 Å². The number of ether oxygens (including phenoxy) is 1. The van der Waals surface area contributed by atoms with Crippen molar-refractivity contribution in [3.05, 3.63) is 46.9 Å². The van der Waals surface area contributed by atoms with Gasteiger partial charge < -0.3 is 4.74 Å². The number of esters is 1. The van der Waals surface area contributed by atoms with Crippen LogP contribution in [-0.4, -0.2) is 24.1 Å². The molecule has 1 aliphatic carbocycles. The Balaban J connectivity index is 2.14. The van der Waals surface area contributed by atoms with Crippen molar-refractivity contribution < 1.29 is 18.7 Å². The number of carbonyl (C=O) groups is 2. The number of allylic oxidation sites excluding steroid dienone is 1. The molecule has 0 aromatic heterocycles. The van der Waals surface area contributed by atoms with Crippen LogP contribution in [0.25, 0.3) is 0 Å². The highest BCUT2D eigenvalue weighted by atomic mass is 19.1. The molecule has 0 saturated heterocycles. The molecule has 0 amide bonds. The van der Waals surface area contributed by atoms with E-state index in [1.165, 1.54) is 12.1 Å². The molecule has 5 heteroatoms. The van der Waals surface area contributed by atoms with E-state index in [2.05, 4.69) is 4.99 Å². The number of halogens is 1. The highest BCUT2D eigenvalue weighted by molar-refractivity contribution is 6.11. The predicted octanol–water partition coefficient (Wildman–Crippen LogP) is 3.57. The van der Waals surface area contributed by atoms with Gasteiger partial charge in [0.25, 0.3) is 0 Å². The molecule has 3 rings (SSSR count). The first-order valence-corrected chi connectivity index (χ1v) is 8.26. The third-order valence-corrected chi connectivity index (χ3v) is 4.63. The molecule has 0 radical (unpaired) electrons. The Morgan fingerprint density at radius 2 is 1.96 bits per heavy atom. The Morgan fingerprint density at radius 1 is 1.25 bits per heavy atom. The van der Waals surface area contributed by atoms with Gasteiger partial charge in [0.2, 0.25) is 0 Å². The summed E-state index contributed by atoms with van der Waals surface area (Å²) < 4.78 is 18.5. The van der Waals surface area contributed by atoms with Crippen molar-refractivity contribution in [3.8, 4) is 0 Å². The molecule has 0 spiro atoms.